The molecule has 16 amide bonds. The minimum absolute atomic E-state index is 0.00139. The number of hydrogen-bond acceptors (Lipinski definition) is 20. The molecule has 127 heavy (non-hydrogen) atoms. The molecule has 38 nitrogen and oxygen atoms in total. The molecule has 2 aliphatic rings. The Morgan fingerprint density at radius 3 is 1.71 bits per heavy atom. The maximum absolute atomic E-state index is 15.6. The maximum Gasteiger partial charge on any atom is 0.246 e. The summed E-state index contributed by atoms with van der Waals surface area (Å²) in [5.74, 6) is -14.4. The van der Waals surface area contributed by atoms with E-state index >= 15 is 19.2 Å². The molecule has 0 aliphatic carbocycles. The first kappa shape index (κ1) is 100. The summed E-state index contributed by atoms with van der Waals surface area (Å²) in [5, 5.41) is 39.6. The number of nitrogens with two attached hydrogens (primary N) is 2. The van der Waals surface area contributed by atoms with Gasteiger partial charge in [-0.1, -0.05) is 133 Å². The number of nitrogens with zero attached hydrogens (tertiary/aromatic N) is 6. The third kappa shape index (κ3) is 29.1. The Labute approximate surface area is 742 Å². The summed E-state index contributed by atoms with van der Waals surface area (Å²) >= 11 is 0.868. The van der Waals surface area contributed by atoms with Gasteiger partial charge in [-0.25, -0.2) is 4.98 Å². The van der Waals surface area contributed by atoms with Crippen LogP contribution in [0.4, 0.5) is 0 Å². The lowest BCUT2D eigenvalue weighted by Gasteiger charge is -2.37. The zero-order chi connectivity index (χ0) is 92.7. The van der Waals surface area contributed by atoms with E-state index in [0.717, 1.165) is 37.4 Å². The zero-order valence-electron chi connectivity index (χ0n) is 73.9. The van der Waals surface area contributed by atoms with Gasteiger partial charge in [-0.3, -0.25) is 81.6 Å². The van der Waals surface area contributed by atoms with Crippen molar-refractivity contribution in [3.05, 3.63) is 126 Å². The van der Waals surface area contributed by atoms with Crippen LogP contribution in [0.15, 0.2) is 104 Å². The number of aromatic nitrogens is 4. The van der Waals surface area contributed by atoms with Crippen LogP contribution < -0.4 is 64.6 Å². The number of aliphatic hydroxyl groups excluding tert-OH is 1. The molecule has 0 bridgehead atoms. The molecule has 2 aliphatic heterocycles. The standard InChI is InChI=1S/C88H125N21O17S/c1-11-14-27-57-45-105(7)71(32-15-12-2)83(121)98-62(24-13-3)79(117)104-70(78(116)94-44-74(90)112)48-127-49-76(114)97-66(36-53-25-17-16-18-26-53)86(124)107(9)52(6)77(115)100-68(40-73(89)111)88(126)109-34-23-33-72(109)84(122)99-64(39-56-43-91-50-95-56)81(119)101-65(35-51(4)5)85(123)106(8)46-75(113)96-63(37-54-41-92-60-30-21-19-28-58(54)60)80(118)103-69(47-110)82(120)102-67(87(125)108(57)10)38-55-42-93-61-31-22-20-29-59(55)61/h16-22,25-26,28-31,41-43,50-52,57,62-72,92-93,110H,11-15,23-24,27,32-40,44-49H2,1-10H3,(H2,89,111)(H2,90,112)(H,91,95)(H,94,116)(H,96,113)(H,97,114)(H,98,121)(H,99,122)(H,100,115)(H,101,119)(H,102,120)(H,103,118)(H,104,117)/t52-,57-,62-,63-,64-,65-,66-,67-,68-,69-,70-,71-,72-/m0/s1. The average molecular weight is 1780 g/mol. The number of imidazole rings is 1. The molecule has 3 aromatic heterocycles. The van der Waals surface area contributed by atoms with Gasteiger partial charge < -0.3 is 104 Å². The molecule has 0 spiro atoms. The fourth-order valence-corrected chi connectivity index (χ4v) is 16.5. The van der Waals surface area contributed by atoms with Gasteiger partial charge >= 0.3 is 0 Å². The number of unbranched alkanes of at least 4 members (excludes halogenated alkanes) is 2. The van der Waals surface area contributed by atoms with Crippen LogP contribution in [-0.2, 0) is 102 Å². The topological polar surface area (TPSA) is 542 Å². The number of carbonyl (C=O) groups excluding carboxylic acids is 16. The van der Waals surface area contributed by atoms with Crippen LogP contribution in [0.1, 0.15) is 141 Å². The normalized spacial score (nSPS) is 24.2. The van der Waals surface area contributed by atoms with E-state index in [0.29, 0.717) is 71.8 Å². The summed E-state index contributed by atoms with van der Waals surface area (Å²) in [6.45, 7) is 8.28. The van der Waals surface area contributed by atoms with Crippen LogP contribution in [0, 0.1) is 5.92 Å². The minimum Gasteiger partial charge on any atom is -0.394 e. The highest BCUT2D eigenvalue weighted by atomic mass is 32.2. The van der Waals surface area contributed by atoms with Crippen LogP contribution in [0.25, 0.3) is 21.8 Å². The van der Waals surface area contributed by atoms with Crippen LogP contribution in [0.2, 0.25) is 0 Å². The molecule has 39 heteroatoms. The van der Waals surface area contributed by atoms with Crippen molar-refractivity contribution in [2.45, 2.75) is 223 Å². The van der Waals surface area contributed by atoms with Gasteiger partial charge in [-0.15, -0.1) is 11.8 Å². The van der Waals surface area contributed by atoms with E-state index in [1.807, 2.05) is 38.1 Å². The zero-order valence-corrected chi connectivity index (χ0v) is 74.7. The van der Waals surface area contributed by atoms with E-state index in [1.54, 1.807) is 107 Å². The lowest BCUT2D eigenvalue weighted by molar-refractivity contribution is -0.145. The molecule has 13 atom stereocenters. The fourth-order valence-electron chi connectivity index (χ4n) is 15.7. The predicted molar refractivity (Wildman–Crippen MR) is 475 cm³/mol. The number of thioether (sulfide) groups is 1. The van der Waals surface area contributed by atoms with E-state index in [4.69, 9.17) is 11.5 Å². The Hall–Kier alpha value is -12.3. The number of H-pyrrole nitrogens is 3. The van der Waals surface area contributed by atoms with Gasteiger partial charge in [0.25, 0.3) is 0 Å². The van der Waals surface area contributed by atoms with Gasteiger partial charge in [0.05, 0.1) is 44.2 Å². The second-order valence-electron chi connectivity index (χ2n) is 33.1. The number of rotatable bonds is 24. The SMILES string of the molecule is CCCC[C@H]1CN(C)[C@@H](CCCC)C(=O)N[C@@H](CCC)C(=O)N[C@H](C(=O)NCC(N)=O)CSCC(=O)N[C@@H](Cc2ccccc2)C(=O)N(C)[C@@H](C)C(=O)N[C@@H](CC(N)=O)C(=O)N2CCC[C@H]2C(=O)N[C@@H](Cc2cnc[nH]2)C(=O)N[C@@H](CC(C)C)C(=O)N(C)CC(=O)N[C@@H](Cc2c[nH]c3ccccc23)C(=O)N[C@@H](CO)C(=O)N[C@@H](Cc2c[nH]c3ccccc23)C(=O)N1C. The molecule has 0 saturated carbocycles. The molecule has 6 aromatic rings. The molecule has 0 unspecified atom stereocenters. The average Bonchev–Trinajstić information content (AvgIpc) is 1.74. The third-order valence-electron chi connectivity index (χ3n) is 22.8. The fraction of sp³-hybridized carbons (Fsp3) is 0.534. The Balaban J connectivity index is 1.15. The van der Waals surface area contributed by atoms with Crippen molar-refractivity contribution in [3.63, 3.8) is 0 Å². The van der Waals surface area contributed by atoms with Crippen molar-refractivity contribution >= 4 is 128 Å². The summed E-state index contributed by atoms with van der Waals surface area (Å²) in [7, 11) is 5.89. The second kappa shape index (κ2) is 49.0. The maximum atomic E-state index is 15.6. The highest BCUT2D eigenvalue weighted by Gasteiger charge is 2.43. The lowest BCUT2D eigenvalue weighted by atomic mass is 10.0. The number of aromatic amines is 3. The van der Waals surface area contributed by atoms with Crippen molar-refractivity contribution in [1.82, 2.24) is 97.6 Å². The van der Waals surface area contributed by atoms with Crippen molar-refractivity contribution in [2.75, 3.05) is 72.5 Å². The van der Waals surface area contributed by atoms with Crippen molar-refractivity contribution in [1.29, 1.82) is 0 Å². The quantitative estimate of drug-likeness (QED) is 0.0375. The summed E-state index contributed by atoms with van der Waals surface area (Å²) in [6, 6.07) is 5.45. The van der Waals surface area contributed by atoms with Crippen LogP contribution in [0.3, 0.4) is 0 Å². The predicted octanol–water partition coefficient (Wildman–Crippen LogP) is -0.128. The van der Waals surface area contributed by atoms with E-state index in [2.05, 4.69) is 73.1 Å². The first-order valence-electron chi connectivity index (χ1n) is 43.3. The number of carbonyl (C=O) groups is 16. The number of fused-ring (bicyclic) bond motifs is 3. The molecule has 5 heterocycles. The number of likely N-dealkylation sites (N-methyl/N-ethyl adjacent to an activating group) is 4. The van der Waals surface area contributed by atoms with Gasteiger partial charge in [-0.05, 0) is 87.2 Å². The Bertz CT molecular complexity index is 4790. The highest BCUT2D eigenvalue weighted by molar-refractivity contribution is 8.00. The highest BCUT2D eigenvalue weighted by Crippen LogP contribution is 2.26. The van der Waals surface area contributed by atoms with Gasteiger partial charge in [0.15, 0.2) is 0 Å². The molecule has 8 rings (SSSR count). The van der Waals surface area contributed by atoms with Crippen molar-refractivity contribution < 1.29 is 81.8 Å². The molecule has 0 radical (unpaired) electrons. The van der Waals surface area contributed by atoms with E-state index in [9.17, 15) is 62.6 Å². The Morgan fingerprint density at radius 1 is 0.551 bits per heavy atom. The van der Waals surface area contributed by atoms with Crippen LogP contribution >= 0.6 is 11.8 Å². The number of aliphatic hydroxyl groups is 1. The van der Waals surface area contributed by atoms with Gasteiger partial charge in [0.1, 0.15) is 66.5 Å². The summed E-state index contributed by atoms with van der Waals surface area (Å²) in [6.07, 6.45) is 8.54. The number of amides is 16. The largest absolute Gasteiger partial charge is 0.394 e. The first-order chi connectivity index (χ1) is 60.6. The van der Waals surface area contributed by atoms with Crippen molar-refractivity contribution in [2.24, 2.45) is 17.4 Å². The molecule has 2 fully saturated rings. The molecular weight excluding hydrogens is 1660 g/mol. The molecule has 690 valence electrons. The second-order valence-corrected chi connectivity index (χ2v) is 34.1. The van der Waals surface area contributed by atoms with E-state index in [-0.39, 0.29) is 82.5 Å². The molecule has 2 saturated heterocycles. The Kier molecular flexibility index (Phi) is 38.7. The Morgan fingerprint density at radius 2 is 1.10 bits per heavy atom. The number of primary amides is 2. The van der Waals surface area contributed by atoms with Gasteiger partial charge in [0.2, 0.25) is 94.5 Å². The third-order valence-corrected chi connectivity index (χ3v) is 23.8. The first-order valence-corrected chi connectivity index (χ1v) is 44.4. The lowest BCUT2D eigenvalue weighted by Crippen LogP contribution is -2.60. The summed E-state index contributed by atoms with van der Waals surface area (Å²) in [5.41, 5.74) is 14.7. The number of para-hydroxylation sites is 2. The van der Waals surface area contributed by atoms with Crippen LogP contribution in [-0.4, -0.2) is 295 Å². The number of nitrogens with one attached hydrogen (secondary N) is 13. The van der Waals surface area contributed by atoms with E-state index < -0.39 is 205 Å². The monoisotopic (exact) mass is 1780 g/mol. The number of hydrogen-bond donors (Lipinski definition) is 16. The van der Waals surface area contributed by atoms with E-state index in [1.165, 1.54) is 38.4 Å². The smallest absolute Gasteiger partial charge is 0.246 e. The van der Waals surface area contributed by atoms with Gasteiger partial charge in [-0.2, -0.15) is 0 Å². The van der Waals surface area contributed by atoms with Crippen LogP contribution in [0.5, 0.6) is 0 Å². The summed E-state index contributed by atoms with van der Waals surface area (Å²) in [4.78, 5) is 252. The minimum atomic E-state index is -1.76. The summed E-state index contributed by atoms with van der Waals surface area (Å²) < 4.78 is 0. The number of benzene rings is 3. The van der Waals surface area contributed by atoms with Crippen molar-refractivity contribution in [3.8, 4) is 0 Å². The molecule has 3 aromatic carbocycles. The molecule has 18 N–H and O–H groups in total. The molecular formula is C88H125N21O17S. The van der Waals surface area contributed by atoms with Gasteiger partial charge in [0, 0.05) is 118 Å².